The van der Waals surface area contributed by atoms with Gasteiger partial charge in [-0.25, -0.2) is 19.4 Å². The summed E-state index contributed by atoms with van der Waals surface area (Å²) in [5.74, 6) is -6.08. The lowest BCUT2D eigenvalue weighted by Crippen LogP contribution is -2.48. The molecule has 2 saturated heterocycles. The maximum Gasteiger partial charge on any atom is 0.490 e. The van der Waals surface area contributed by atoms with Gasteiger partial charge in [-0.15, -0.1) is 0 Å². The number of rotatable bonds is 6. The van der Waals surface area contributed by atoms with Crippen molar-refractivity contribution in [2.45, 2.75) is 56.8 Å². The predicted molar refractivity (Wildman–Crippen MR) is 159 cm³/mol. The lowest BCUT2D eigenvalue weighted by Gasteiger charge is -2.40. The SMILES string of the molecule is O=C(O)C(F)(F)F.O=C(O)C(F)(F)F.O=C(O)C(F)(F)F.c1cc(N2CCCC2)n2cc(C3CN(Cc4ccoc4)CCN3CC3CC3)nc2c1. The number of pyridine rings is 1. The summed E-state index contributed by atoms with van der Waals surface area (Å²) in [5, 5.41) is 21.4. The minimum absolute atomic E-state index is 0.359. The molecule has 2 aliphatic heterocycles. The summed E-state index contributed by atoms with van der Waals surface area (Å²) in [7, 11) is 0. The molecule has 3 fully saturated rings. The van der Waals surface area contributed by atoms with Crippen LogP contribution in [0.1, 0.15) is 43.0 Å². The first kappa shape index (κ1) is 40.9. The smallest absolute Gasteiger partial charge is 0.475 e. The van der Waals surface area contributed by atoms with Crippen molar-refractivity contribution in [2.75, 3.05) is 44.2 Å². The zero-order valence-electron chi connectivity index (χ0n) is 26.6. The van der Waals surface area contributed by atoms with Crippen LogP contribution >= 0.6 is 0 Å². The van der Waals surface area contributed by atoms with Crippen LogP contribution in [0.2, 0.25) is 0 Å². The van der Waals surface area contributed by atoms with Gasteiger partial charge in [0.05, 0.1) is 24.3 Å². The van der Waals surface area contributed by atoms with Crippen molar-refractivity contribution in [2.24, 2.45) is 5.92 Å². The molecule has 3 N–H and O–H groups in total. The number of halogens is 9. The fourth-order valence-electron chi connectivity index (χ4n) is 5.17. The fourth-order valence-corrected chi connectivity index (χ4v) is 5.17. The van der Waals surface area contributed by atoms with Crippen LogP contribution in [0.25, 0.3) is 5.65 Å². The summed E-state index contributed by atoms with van der Waals surface area (Å²) < 4.78 is 103. The van der Waals surface area contributed by atoms with Crippen LogP contribution in [0.4, 0.5) is 45.3 Å². The van der Waals surface area contributed by atoms with Crippen LogP contribution in [0.15, 0.2) is 47.4 Å². The molecule has 1 aliphatic carbocycles. The third-order valence-corrected chi connectivity index (χ3v) is 7.74. The Bertz CT molecular complexity index is 1530. The number of fused-ring (bicyclic) bond motifs is 1. The topological polar surface area (TPSA) is 152 Å². The maximum absolute atomic E-state index is 10.6. The van der Waals surface area contributed by atoms with Crippen molar-refractivity contribution < 1.29 is 73.6 Å². The van der Waals surface area contributed by atoms with Gasteiger partial charge in [0.2, 0.25) is 0 Å². The van der Waals surface area contributed by atoms with Gasteiger partial charge < -0.3 is 24.6 Å². The Morgan fingerprint density at radius 3 is 1.82 bits per heavy atom. The van der Waals surface area contributed by atoms with E-state index in [1.54, 1.807) is 6.26 Å². The second kappa shape index (κ2) is 17.1. The van der Waals surface area contributed by atoms with Crippen LogP contribution in [0.3, 0.4) is 0 Å². The Hall–Kier alpha value is -4.53. The summed E-state index contributed by atoms with van der Waals surface area (Å²) in [5.41, 5.74) is 3.56. The third-order valence-electron chi connectivity index (χ3n) is 7.74. The van der Waals surface area contributed by atoms with Gasteiger partial charge in [0.1, 0.15) is 11.5 Å². The average Bonchev–Trinajstić information content (AvgIpc) is 3.42. The number of hydrogen-bond donors (Lipinski definition) is 3. The number of aromatic nitrogens is 2. The largest absolute Gasteiger partial charge is 0.490 e. The van der Waals surface area contributed by atoms with E-state index in [1.165, 1.54) is 49.3 Å². The lowest BCUT2D eigenvalue weighted by atomic mass is 10.1. The molecular weight excluding hydrogens is 713 g/mol. The van der Waals surface area contributed by atoms with Crippen molar-refractivity contribution in [3.05, 3.63) is 54.2 Å². The Morgan fingerprint density at radius 2 is 1.35 bits per heavy atom. The van der Waals surface area contributed by atoms with Gasteiger partial charge in [-0.3, -0.25) is 14.2 Å². The standard InChI is InChI=1S/C24H31N5O.3C2HF3O2/c1-2-10-27(9-1)24-5-3-4-23-25-21(16-29(23)24)22-17-26(14-20-8-13-30-18-20)11-12-28(22)15-19-6-7-19;3*3-2(4,5)1(6)7/h3-5,8,13,16,18-19,22H,1-2,6-7,9-12,14-15,17H2;3*(H,6,7). The summed E-state index contributed by atoms with van der Waals surface area (Å²) >= 11 is 0. The summed E-state index contributed by atoms with van der Waals surface area (Å²) in [6, 6.07) is 9.00. The van der Waals surface area contributed by atoms with E-state index in [1.807, 2.05) is 6.26 Å². The monoisotopic (exact) mass is 747 g/mol. The molecule has 1 unspecified atom stereocenters. The van der Waals surface area contributed by atoms with Gasteiger partial charge in [-0.05, 0) is 49.8 Å². The zero-order chi connectivity index (χ0) is 38.1. The van der Waals surface area contributed by atoms with Crippen molar-refractivity contribution >= 4 is 29.4 Å². The highest BCUT2D eigenvalue weighted by Crippen LogP contribution is 2.35. The summed E-state index contributed by atoms with van der Waals surface area (Å²) in [6.45, 7) is 7.74. The summed E-state index contributed by atoms with van der Waals surface area (Å²) in [4.78, 5) is 39.6. The van der Waals surface area contributed by atoms with E-state index in [0.717, 1.165) is 50.8 Å². The number of imidazole rings is 1. The van der Waals surface area contributed by atoms with E-state index < -0.39 is 36.4 Å². The molecule has 3 aliphatic rings. The molecule has 0 aromatic carbocycles. The number of carbonyl (C=O) groups is 3. The Balaban J connectivity index is 0.000000275. The number of carboxylic acids is 3. The number of aliphatic carboxylic acids is 3. The van der Waals surface area contributed by atoms with Gasteiger partial charge in [-0.2, -0.15) is 39.5 Å². The van der Waals surface area contributed by atoms with Gasteiger partial charge in [0, 0.05) is 57.6 Å². The number of piperazine rings is 1. The van der Waals surface area contributed by atoms with Gasteiger partial charge >= 0.3 is 36.4 Å². The second-order valence-corrected chi connectivity index (χ2v) is 11.7. The van der Waals surface area contributed by atoms with Gasteiger partial charge in [0.15, 0.2) is 0 Å². The van der Waals surface area contributed by atoms with Crippen LogP contribution in [-0.4, -0.2) is 110 Å². The highest BCUT2D eigenvalue weighted by Gasteiger charge is 2.39. The number of alkyl halides is 9. The first-order chi connectivity index (χ1) is 23.7. The molecule has 3 aromatic heterocycles. The molecule has 6 rings (SSSR count). The zero-order valence-corrected chi connectivity index (χ0v) is 26.6. The Morgan fingerprint density at radius 1 is 0.804 bits per heavy atom. The minimum atomic E-state index is -5.08. The second-order valence-electron chi connectivity index (χ2n) is 11.7. The first-order valence-corrected chi connectivity index (χ1v) is 15.3. The van der Waals surface area contributed by atoms with E-state index in [4.69, 9.17) is 39.1 Å². The molecule has 3 aromatic rings. The van der Waals surface area contributed by atoms with E-state index in [9.17, 15) is 39.5 Å². The normalized spacial score (nSPS) is 18.5. The molecule has 5 heterocycles. The molecule has 12 nitrogen and oxygen atoms in total. The van der Waals surface area contributed by atoms with Crippen molar-refractivity contribution in [1.29, 1.82) is 0 Å². The number of hydrogen-bond acceptors (Lipinski definition) is 8. The van der Waals surface area contributed by atoms with Crippen LogP contribution < -0.4 is 4.90 Å². The molecular formula is C30H34F9N5O7. The van der Waals surface area contributed by atoms with Crippen LogP contribution in [-0.2, 0) is 20.9 Å². The van der Waals surface area contributed by atoms with E-state index in [0.29, 0.717) is 6.04 Å². The predicted octanol–water partition coefficient (Wildman–Crippen LogP) is 5.70. The lowest BCUT2D eigenvalue weighted by molar-refractivity contribution is -0.193. The number of carboxylic acid groups (broad SMARTS) is 3. The maximum atomic E-state index is 10.6. The Kier molecular flexibility index (Phi) is 13.7. The highest BCUT2D eigenvalue weighted by molar-refractivity contribution is 5.73. The molecule has 0 bridgehead atoms. The Labute approximate surface area is 283 Å². The average molecular weight is 748 g/mol. The molecule has 51 heavy (non-hydrogen) atoms. The van der Waals surface area contributed by atoms with Crippen molar-refractivity contribution in [3.63, 3.8) is 0 Å². The highest BCUT2D eigenvalue weighted by atomic mass is 19.4. The molecule has 0 amide bonds. The summed E-state index contributed by atoms with van der Waals surface area (Å²) in [6.07, 6.45) is -3.91. The van der Waals surface area contributed by atoms with Crippen molar-refractivity contribution in [3.8, 4) is 0 Å². The molecule has 1 atom stereocenters. The van der Waals surface area contributed by atoms with Crippen molar-refractivity contribution in [1.82, 2.24) is 19.2 Å². The van der Waals surface area contributed by atoms with E-state index in [2.05, 4.69) is 49.6 Å². The minimum Gasteiger partial charge on any atom is -0.475 e. The van der Waals surface area contributed by atoms with E-state index >= 15 is 0 Å². The first-order valence-electron chi connectivity index (χ1n) is 15.3. The fraction of sp³-hybridized carbons (Fsp3) is 0.533. The van der Waals surface area contributed by atoms with E-state index in [-0.39, 0.29) is 0 Å². The van der Waals surface area contributed by atoms with Gasteiger partial charge in [0.25, 0.3) is 0 Å². The van der Waals surface area contributed by atoms with Crippen LogP contribution in [0.5, 0.6) is 0 Å². The molecule has 0 radical (unpaired) electrons. The molecule has 284 valence electrons. The molecule has 1 saturated carbocycles. The number of anilines is 1. The third kappa shape index (κ3) is 12.9. The molecule has 21 heteroatoms. The number of nitrogens with zero attached hydrogens (tertiary/aromatic N) is 5. The molecule has 0 spiro atoms. The van der Waals surface area contributed by atoms with Gasteiger partial charge in [-0.1, -0.05) is 6.07 Å². The van der Waals surface area contributed by atoms with Crippen LogP contribution in [0, 0.1) is 5.92 Å². The quantitative estimate of drug-likeness (QED) is 0.267. The number of furan rings is 1.